The van der Waals surface area contributed by atoms with Crippen LogP contribution in [0.3, 0.4) is 0 Å². The standard InChI is InChI=1S/C10H19N3O2/c1-7(2)6-9(14)12-13-10(15)8-4-3-5-11-8/h7-8,11H,3-6H2,1-2H3,(H,12,14)(H,13,15). The van der Waals surface area contributed by atoms with Crippen molar-refractivity contribution in [2.75, 3.05) is 6.54 Å². The first-order valence-electron chi connectivity index (χ1n) is 5.41. The molecule has 2 amide bonds. The lowest BCUT2D eigenvalue weighted by Crippen LogP contribution is -2.49. The van der Waals surface area contributed by atoms with E-state index in [2.05, 4.69) is 16.2 Å². The Morgan fingerprint density at radius 2 is 2.13 bits per heavy atom. The van der Waals surface area contributed by atoms with Crippen molar-refractivity contribution < 1.29 is 9.59 Å². The maximum absolute atomic E-state index is 11.4. The summed E-state index contributed by atoms with van der Waals surface area (Å²) >= 11 is 0. The van der Waals surface area contributed by atoms with Gasteiger partial charge in [0.2, 0.25) is 5.91 Å². The van der Waals surface area contributed by atoms with Crippen LogP contribution in [-0.2, 0) is 9.59 Å². The van der Waals surface area contributed by atoms with Crippen LogP contribution in [-0.4, -0.2) is 24.4 Å². The quantitative estimate of drug-likeness (QED) is 0.575. The summed E-state index contributed by atoms with van der Waals surface area (Å²) in [6.07, 6.45) is 2.28. The van der Waals surface area contributed by atoms with Gasteiger partial charge in [-0.25, -0.2) is 0 Å². The Morgan fingerprint density at radius 1 is 1.40 bits per heavy atom. The average molecular weight is 213 g/mol. The first-order chi connectivity index (χ1) is 7.09. The summed E-state index contributed by atoms with van der Waals surface area (Å²) in [4.78, 5) is 22.7. The molecule has 5 nitrogen and oxygen atoms in total. The summed E-state index contributed by atoms with van der Waals surface area (Å²) in [6.45, 7) is 4.79. The van der Waals surface area contributed by atoms with Crippen molar-refractivity contribution >= 4 is 11.8 Å². The molecule has 1 fully saturated rings. The van der Waals surface area contributed by atoms with Crippen LogP contribution in [0.15, 0.2) is 0 Å². The summed E-state index contributed by atoms with van der Waals surface area (Å²) in [7, 11) is 0. The van der Waals surface area contributed by atoms with Crippen LogP contribution in [0.1, 0.15) is 33.1 Å². The second-order valence-corrected chi connectivity index (χ2v) is 4.28. The molecule has 0 radical (unpaired) electrons. The minimum atomic E-state index is -0.149. The van der Waals surface area contributed by atoms with Gasteiger partial charge in [0.05, 0.1) is 6.04 Å². The summed E-state index contributed by atoms with van der Waals surface area (Å²) in [6, 6.07) is -0.149. The number of hydrazine groups is 1. The summed E-state index contributed by atoms with van der Waals surface area (Å²) in [5, 5.41) is 3.06. The third-order valence-corrected chi connectivity index (χ3v) is 2.30. The van der Waals surface area contributed by atoms with Gasteiger partial charge in [0.15, 0.2) is 0 Å². The van der Waals surface area contributed by atoms with Crippen LogP contribution in [0.25, 0.3) is 0 Å². The van der Waals surface area contributed by atoms with Gasteiger partial charge in [-0.1, -0.05) is 13.8 Å². The zero-order valence-corrected chi connectivity index (χ0v) is 9.30. The van der Waals surface area contributed by atoms with Gasteiger partial charge in [0.1, 0.15) is 0 Å². The second kappa shape index (κ2) is 5.70. The number of rotatable bonds is 3. The molecule has 1 saturated heterocycles. The highest BCUT2D eigenvalue weighted by atomic mass is 16.2. The van der Waals surface area contributed by atoms with E-state index in [0.29, 0.717) is 12.3 Å². The van der Waals surface area contributed by atoms with Crippen LogP contribution in [0.5, 0.6) is 0 Å². The first kappa shape index (κ1) is 12.0. The fraction of sp³-hybridized carbons (Fsp3) is 0.800. The Labute approximate surface area is 90.0 Å². The van der Waals surface area contributed by atoms with Crippen molar-refractivity contribution in [1.82, 2.24) is 16.2 Å². The zero-order valence-electron chi connectivity index (χ0n) is 9.30. The molecule has 86 valence electrons. The molecule has 0 aromatic heterocycles. The molecular formula is C10H19N3O2. The first-order valence-corrected chi connectivity index (χ1v) is 5.41. The van der Waals surface area contributed by atoms with E-state index in [1.165, 1.54) is 0 Å². The smallest absolute Gasteiger partial charge is 0.255 e. The van der Waals surface area contributed by atoms with E-state index in [9.17, 15) is 9.59 Å². The van der Waals surface area contributed by atoms with Gasteiger partial charge in [-0.2, -0.15) is 0 Å². The summed E-state index contributed by atoms with van der Waals surface area (Å²) in [5.41, 5.74) is 4.84. The van der Waals surface area contributed by atoms with Gasteiger partial charge in [0.25, 0.3) is 5.91 Å². The fourth-order valence-corrected chi connectivity index (χ4v) is 1.55. The minimum absolute atomic E-state index is 0.142. The molecule has 5 heteroatoms. The van der Waals surface area contributed by atoms with Crippen LogP contribution < -0.4 is 16.2 Å². The van der Waals surface area contributed by atoms with Crippen LogP contribution in [0.4, 0.5) is 0 Å². The molecule has 0 aliphatic carbocycles. The van der Waals surface area contributed by atoms with Crippen molar-refractivity contribution in [3.8, 4) is 0 Å². The SMILES string of the molecule is CC(C)CC(=O)NNC(=O)C1CCCN1. The molecule has 0 saturated carbocycles. The molecule has 3 N–H and O–H groups in total. The lowest BCUT2D eigenvalue weighted by atomic mass is 10.1. The molecule has 15 heavy (non-hydrogen) atoms. The monoisotopic (exact) mass is 213 g/mol. The normalized spacial score (nSPS) is 20.3. The Hall–Kier alpha value is -1.10. The molecule has 0 aromatic carbocycles. The Kier molecular flexibility index (Phi) is 4.55. The predicted molar refractivity (Wildman–Crippen MR) is 56.8 cm³/mol. The molecule has 1 unspecified atom stereocenters. The van der Waals surface area contributed by atoms with Gasteiger partial charge >= 0.3 is 0 Å². The van der Waals surface area contributed by atoms with Crippen LogP contribution in [0.2, 0.25) is 0 Å². The third kappa shape index (κ3) is 4.29. The highest BCUT2D eigenvalue weighted by Gasteiger charge is 2.21. The van der Waals surface area contributed by atoms with Crippen LogP contribution in [0, 0.1) is 5.92 Å². The zero-order chi connectivity index (χ0) is 11.3. The molecule has 1 aliphatic rings. The molecule has 1 aliphatic heterocycles. The van der Waals surface area contributed by atoms with Gasteiger partial charge in [-0.15, -0.1) is 0 Å². The number of hydrogen-bond acceptors (Lipinski definition) is 3. The minimum Gasteiger partial charge on any atom is -0.306 e. The molecule has 0 bridgehead atoms. The summed E-state index contributed by atoms with van der Waals surface area (Å²) < 4.78 is 0. The van der Waals surface area contributed by atoms with Crippen LogP contribution >= 0.6 is 0 Å². The van der Waals surface area contributed by atoms with Crippen molar-refractivity contribution in [1.29, 1.82) is 0 Å². The number of nitrogens with one attached hydrogen (secondary N) is 3. The molecular weight excluding hydrogens is 194 g/mol. The van der Waals surface area contributed by atoms with E-state index in [-0.39, 0.29) is 17.9 Å². The lowest BCUT2D eigenvalue weighted by Gasteiger charge is -2.12. The maximum Gasteiger partial charge on any atom is 0.255 e. The average Bonchev–Trinajstić information content (AvgIpc) is 2.65. The van der Waals surface area contributed by atoms with E-state index < -0.39 is 0 Å². The molecule has 1 rings (SSSR count). The highest BCUT2D eigenvalue weighted by molar-refractivity contribution is 5.85. The van der Waals surface area contributed by atoms with Crippen molar-refractivity contribution in [2.24, 2.45) is 5.92 Å². The number of amides is 2. The Morgan fingerprint density at radius 3 is 2.67 bits per heavy atom. The molecule has 1 heterocycles. The van der Waals surface area contributed by atoms with E-state index in [1.54, 1.807) is 0 Å². The Balaban J connectivity index is 2.18. The van der Waals surface area contributed by atoms with Crippen molar-refractivity contribution in [3.05, 3.63) is 0 Å². The number of hydrogen-bond donors (Lipinski definition) is 3. The topological polar surface area (TPSA) is 70.2 Å². The predicted octanol–water partition coefficient (Wildman–Crippen LogP) is -0.0681. The molecule has 0 aromatic rings. The molecule has 1 atom stereocenters. The van der Waals surface area contributed by atoms with Crippen molar-refractivity contribution in [3.63, 3.8) is 0 Å². The van der Waals surface area contributed by atoms with Gasteiger partial charge in [-0.05, 0) is 25.3 Å². The van der Waals surface area contributed by atoms with E-state index in [4.69, 9.17) is 0 Å². The third-order valence-electron chi connectivity index (χ3n) is 2.30. The van der Waals surface area contributed by atoms with E-state index >= 15 is 0 Å². The van der Waals surface area contributed by atoms with Crippen molar-refractivity contribution in [2.45, 2.75) is 39.2 Å². The van der Waals surface area contributed by atoms with E-state index in [0.717, 1.165) is 19.4 Å². The van der Waals surface area contributed by atoms with Gasteiger partial charge in [0, 0.05) is 6.42 Å². The fourth-order valence-electron chi connectivity index (χ4n) is 1.55. The second-order valence-electron chi connectivity index (χ2n) is 4.28. The lowest BCUT2D eigenvalue weighted by molar-refractivity contribution is -0.130. The maximum atomic E-state index is 11.4. The number of carbonyl (C=O) groups is 2. The largest absolute Gasteiger partial charge is 0.306 e. The molecule has 0 spiro atoms. The highest BCUT2D eigenvalue weighted by Crippen LogP contribution is 2.04. The van der Waals surface area contributed by atoms with Gasteiger partial charge < -0.3 is 5.32 Å². The summed E-state index contributed by atoms with van der Waals surface area (Å²) in [5.74, 6) is 0.00691. The van der Waals surface area contributed by atoms with Gasteiger partial charge in [-0.3, -0.25) is 20.4 Å². The van der Waals surface area contributed by atoms with E-state index in [1.807, 2.05) is 13.8 Å². The number of carbonyl (C=O) groups excluding carboxylic acids is 2. The Bertz CT molecular complexity index is 235.